The minimum atomic E-state index is 0.0224. The Kier molecular flexibility index (Phi) is 3.93. The maximum Gasteiger partial charge on any atom is 0.165 e. The third-order valence-corrected chi connectivity index (χ3v) is 3.13. The topological polar surface area (TPSA) is 17.1 Å². The molecule has 1 unspecified atom stereocenters. The van der Waals surface area contributed by atoms with Gasteiger partial charge in [-0.1, -0.05) is 67.1 Å². The van der Waals surface area contributed by atoms with Crippen LogP contribution in [0.3, 0.4) is 0 Å². The zero-order valence-electron chi connectivity index (χ0n) is 10.9. The molecule has 0 N–H and O–H groups in total. The van der Waals surface area contributed by atoms with Gasteiger partial charge in [-0.2, -0.15) is 0 Å². The van der Waals surface area contributed by atoms with Gasteiger partial charge in [0.2, 0.25) is 0 Å². The highest BCUT2D eigenvalue weighted by Gasteiger charge is 2.15. The highest BCUT2D eigenvalue weighted by atomic mass is 16.1. The number of Topliss-reactive ketones (excluding diaryl/α,β-unsaturated/α-hetero) is 1. The first-order chi connectivity index (χ1) is 8.66. The molecule has 0 bridgehead atoms. The van der Waals surface area contributed by atoms with E-state index in [1.807, 2.05) is 43.3 Å². The molecule has 0 spiro atoms. The molecule has 0 aromatic heterocycles. The van der Waals surface area contributed by atoms with Crippen molar-refractivity contribution in [2.24, 2.45) is 5.92 Å². The van der Waals surface area contributed by atoms with Gasteiger partial charge in [0, 0.05) is 11.5 Å². The Morgan fingerprint density at radius 3 is 2.44 bits per heavy atom. The third kappa shape index (κ3) is 3.07. The van der Waals surface area contributed by atoms with Gasteiger partial charge in [0.1, 0.15) is 0 Å². The lowest BCUT2D eigenvalue weighted by Gasteiger charge is -2.11. The van der Waals surface area contributed by atoms with Crippen molar-refractivity contribution in [2.45, 2.75) is 20.3 Å². The molecule has 0 radical (unpaired) electrons. The summed E-state index contributed by atoms with van der Waals surface area (Å²) in [6.45, 7) is 4.07. The van der Waals surface area contributed by atoms with Crippen molar-refractivity contribution >= 4 is 5.78 Å². The van der Waals surface area contributed by atoms with Gasteiger partial charge in [0.05, 0.1) is 0 Å². The van der Waals surface area contributed by atoms with Crippen LogP contribution in [0.5, 0.6) is 0 Å². The SMILES string of the molecule is Cc1cccc(CC(C)C(=O)c2ccccc2)c1. The van der Waals surface area contributed by atoms with Crippen LogP contribution >= 0.6 is 0 Å². The van der Waals surface area contributed by atoms with Crippen LogP contribution in [0.1, 0.15) is 28.4 Å². The van der Waals surface area contributed by atoms with E-state index >= 15 is 0 Å². The van der Waals surface area contributed by atoms with Gasteiger partial charge in [0.25, 0.3) is 0 Å². The van der Waals surface area contributed by atoms with E-state index in [-0.39, 0.29) is 11.7 Å². The van der Waals surface area contributed by atoms with Crippen molar-refractivity contribution in [3.63, 3.8) is 0 Å². The van der Waals surface area contributed by atoms with Gasteiger partial charge in [-0.25, -0.2) is 0 Å². The Bertz CT molecular complexity index is 528. The molecule has 1 heteroatoms. The minimum Gasteiger partial charge on any atom is -0.294 e. The first kappa shape index (κ1) is 12.6. The third-order valence-electron chi connectivity index (χ3n) is 3.13. The Hall–Kier alpha value is -1.89. The van der Waals surface area contributed by atoms with E-state index in [0.29, 0.717) is 0 Å². The summed E-state index contributed by atoms with van der Waals surface area (Å²) in [4.78, 5) is 12.2. The summed E-state index contributed by atoms with van der Waals surface area (Å²) in [7, 11) is 0. The molecule has 2 rings (SSSR count). The van der Waals surface area contributed by atoms with E-state index < -0.39 is 0 Å². The summed E-state index contributed by atoms with van der Waals surface area (Å²) in [6.07, 6.45) is 0.801. The number of hydrogen-bond donors (Lipinski definition) is 0. The highest BCUT2D eigenvalue weighted by molar-refractivity contribution is 5.97. The van der Waals surface area contributed by atoms with Gasteiger partial charge in [0.15, 0.2) is 5.78 Å². The maximum absolute atomic E-state index is 12.2. The Morgan fingerprint density at radius 2 is 1.78 bits per heavy atom. The van der Waals surface area contributed by atoms with Crippen molar-refractivity contribution in [3.8, 4) is 0 Å². The molecule has 0 amide bonds. The largest absolute Gasteiger partial charge is 0.294 e. The highest BCUT2D eigenvalue weighted by Crippen LogP contribution is 2.15. The van der Waals surface area contributed by atoms with Crippen LogP contribution in [0.2, 0.25) is 0 Å². The van der Waals surface area contributed by atoms with Crippen LogP contribution in [-0.2, 0) is 6.42 Å². The number of carbonyl (C=O) groups is 1. The Labute approximate surface area is 108 Å². The molecule has 1 nitrogen and oxygen atoms in total. The van der Waals surface area contributed by atoms with E-state index in [2.05, 4.69) is 25.1 Å². The molecule has 0 aliphatic heterocycles. The number of aryl methyl sites for hydroxylation is 1. The summed E-state index contributed by atoms with van der Waals surface area (Å²) in [5, 5.41) is 0. The quantitative estimate of drug-likeness (QED) is 0.734. The predicted octanol–water partition coefficient (Wildman–Crippen LogP) is 4.06. The fourth-order valence-corrected chi connectivity index (χ4v) is 2.17. The van der Waals surface area contributed by atoms with E-state index in [1.165, 1.54) is 11.1 Å². The van der Waals surface area contributed by atoms with Gasteiger partial charge < -0.3 is 0 Å². The zero-order chi connectivity index (χ0) is 13.0. The molecule has 0 aliphatic carbocycles. The second-order valence-electron chi connectivity index (χ2n) is 4.82. The van der Waals surface area contributed by atoms with Crippen molar-refractivity contribution in [3.05, 3.63) is 71.3 Å². The van der Waals surface area contributed by atoms with Crippen LogP contribution in [0, 0.1) is 12.8 Å². The predicted molar refractivity (Wildman–Crippen MR) is 74.8 cm³/mol. The molecule has 92 valence electrons. The van der Waals surface area contributed by atoms with Crippen LogP contribution in [0.15, 0.2) is 54.6 Å². The van der Waals surface area contributed by atoms with Crippen molar-refractivity contribution < 1.29 is 4.79 Å². The lowest BCUT2D eigenvalue weighted by Crippen LogP contribution is -2.13. The molecule has 0 fully saturated rings. The summed E-state index contributed by atoms with van der Waals surface area (Å²) in [5.74, 6) is 0.242. The molecule has 2 aromatic rings. The monoisotopic (exact) mass is 238 g/mol. The van der Waals surface area contributed by atoms with E-state index in [1.54, 1.807) is 0 Å². The smallest absolute Gasteiger partial charge is 0.165 e. The molecule has 18 heavy (non-hydrogen) atoms. The number of hydrogen-bond acceptors (Lipinski definition) is 1. The lowest BCUT2D eigenvalue weighted by atomic mass is 9.92. The molecule has 0 aliphatic rings. The lowest BCUT2D eigenvalue weighted by molar-refractivity contribution is 0.0929. The average Bonchev–Trinajstić information content (AvgIpc) is 2.39. The van der Waals surface area contributed by atoms with Gasteiger partial charge in [-0.05, 0) is 18.9 Å². The first-order valence-corrected chi connectivity index (χ1v) is 6.31. The van der Waals surface area contributed by atoms with Crippen LogP contribution in [0.25, 0.3) is 0 Å². The summed E-state index contributed by atoms with van der Waals surface area (Å²) >= 11 is 0. The van der Waals surface area contributed by atoms with Crippen LogP contribution < -0.4 is 0 Å². The van der Waals surface area contributed by atoms with Crippen LogP contribution in [-0.4, -0.2) is 5.78 Å². The number of carbonyl (C=O) groups excluding carboxylic acids is 1. The summed E-state index contributed by atoms with van der Waals surface area (Å²) < 4.78 is 0. The van der Waals surface area contributed by atoms with Gasteiger partial charge in [-0.15, -0.1) is 0 Å². The number of benzene rings is 2. The maximum atomic E-state index is 12.2. The molecule has 2 aromatic carbocycles. The number of rotatable bonds is 4. The van der Waals surface area contributed by atoms with Crippen molar-refractivity contribution in [2.75, 3.05) is 0 Å². The number of ketones is 1. The van der Waals surface area contributed by atoms with Gasteiger partial charge >= 0.3 is 0 Å². The van der Waals surface area contributed by atoms with E-state index in [0.717, 1.165) is 12.0 Å². The normalized spacial score (nSPS) is 12.1. The zero-order valence-corrected chi connectivity index (χ0v) is 10.9. The second-order valence-corrected chi connectivity index (χ2v) is 4.82. The molecular weight excluding hydrogens is 220 g/mol. The fraction of sp³-hybridized carbons (Fsp3) is 0.235. The van der Waals surface area contributed by atoms with Crippen molar-refractivity contribution in [1.82, 2.24) is 0 Å². The molecule has 0 heterocycles. The first-order valence-electron chi connectivity index (χ1n) is 6.31. The van der Waals surface area contributed by atoms with Gasteiger partial charge in [-0.3, -0.25) is 4.79 Å². The Balaban J connectivity index is 2.09. The van der Waals surface area contributed by atoms with Crippen molar-refractivity contribution in [1.29, 1.82) is 0 Å². The molecule has 1 atom stereocenters. The second kappa shape index (κ2) is 5.63. The minimum absolute atomic E-state index is 0.0224. The van der Waals surface area contributed by atoms with E-state index in [4.69, 9.17) is 0 Å². The molecule has 0 saturated carbocycles. The summed E-state index contributed by atoms with van der Waals surface area (Å²) in [5.41, 5.74) is 3.27. The van der Waals surface area contributed by atoms with E-state index in [9.17, 15) is 4.79 Å². The average molecular weight is 238 g/mol. The fourth-order valence-electron chi connectivity index (χ4n) is 2.17. The molecular formula is C17H18O. The standard InChI is InChI=1S/C17H18O/c1-13-7-6-8-15(11-13)12-14(2)17(18)16-9-4-3-5-10-16/h3-11,14H,12H2,1-2H3. The van der Waals surface area contributed by atoms with Crippen LogP contribution in [0.4, 0.5) is 0 Å². The summed E-state index contributed by atoms with van der Waals surface area (Å²) in [6, 6.07) is 17.9. The Morgan fingerprint density at radius 1 is 1.06 bits per heavy atom. The molecule has 0 saturated heterocycles.